The van der Waals surface area contributed by atoms with Crippen molar-refractivity contribution in [1.82, 2.24) is 30.6 Å². The highest BCUT2D eigenvalue weighted by molar-refractivity contribution is 7.80. The van der Waals surface area contributed by atoms with Crippen LogP contribution in [0, 0.1) is 41.5 Å². The van der Waals surface area contributed by atoms with Gasteiger partial charge in [-0.25, -0.2) is 0 Å². The van der Waals surface area contributed by atoms with Gasteiger partial charge in [0.05, 0.1) is 17.1 Å². The van der Waals surface area contributed by atoms with Crippen LogP contribution < -0.4 is 15.9 Å². The minimum Gasteiger partial charge on any atom is -0.282 e. The number of nitrogens with one attached hydrogen (secondary N) is 3. The molecule has 0 radical (unpaired) electrons. The highest BCUT2D eigenvalue weighted by Gasteiger charge is 2.30. The smallest absolute Gasteiger partial charge is 0.0677 e. The maximum atomic E-state index is 4.41. The number of aromatic amines is 3. The Morgan fingerprint density at radius 2 is 0.818 bits per heavy atom. The van der Waals surface area contributed by atoms with Crippen molar-refractivity contribution in [2.45, 2.75) is 41.5 Å². The summed E-state index contributed by atoms with van der Waals surface area (Å²) in [5, 5.41) is 26.4. The van der Waals surface area contributed by atoms with Crippen LogP contribution in [0.15, 0.2) is 0 Å². The molecule has 3 rings (SSSR count). The number of nitrogens with zero attached hydrogens (tertiary/aromatic N) is 3. The van der Waals surface area contributed by atoms with Crippen molar-refractivity contribution in [3.05, 3.63) is 34.2 Å². The lowest BCUT2D eigenvalue weighted by atomic mass is 10.4. The molecule has 22 heavy (non-hydrogen) atoms. The zero-order valence-corrected chi connectivity index (χ0v) is 14.7. The summed E-state index contributed by atoms with van der Waals surface area (Å²) in [6, 6.07) is 0. The molecule has 0 aliphatic rings. The average molecular weight is 316 g/mol. The van der Waals surface area contributed by atoms with Gasteiger partial charge in [-0.1, -0.05) is 0 Å². The number of hydrogen-bond donors (Lipinski definition) is 3. The minimum absolute atomic E-state index is 0.741. The largest absolute Gasteiger partial charge is 0.282 e. The first-order valence-electron chi connectivity index (χ1n) is 7.26. The Hall–Kier alpha value is -1.94. The summed E-state index contributed by atoms with van der Waals surface area (Å²) in [4.78, 5) is 0. The molecular formula is C15H21N6P. The maximum Gasteiger partial charge on any atom is 0.0677 e. The van der Waals surface area contributed by atoms with Crippen molar-refractivity contribution < 1.29 is 0 Å². The van der Waals surface area contributed by atoms with E-state index in [-0.39, 0.29) is 0 Å². The fourth-order valence-corrected chi connectivity index (χ4v) is 5.91. The van der Waals surface area contributed by atoms with Gasteiger partial charge in [-0.2, -0.15) is 15.3 Å². The van der Waals surface area contributed by atoms with Crippen LogP contribution >= 0.6 is 7.92 Å². The minimum atomic E-state index is -0.741. The van der Waals surface area contributed by atoms with Crippen LogP contribution in [0.3, 0.4) is 0 Å². The van der Waals surface area contributed by atoms with Crippen LogP contribution in [-0.2, 0) is 0 Å². The van der Waals surface area contributed by atoms with Crippen molar-refractivity contribution >= 4 is 23.8 Å². The van der Waals surface area contributed by atoms with Crippen LogP contribution in [0.4, 0.5) is 0 Å². The van der Waals surface area contributed by atoms with Gasteiger partial charge < -0.3 is 0 Å². The van der Waals surface area contributed by atoms with Gasteiger partial charge in [-0.05, 0) is 49.5 Å². The van der Waals surface area contributed by atoms with Crippen molar-refractivity contribution in [2.75, 3.05) is 0 Å². The van der Waals surface area contributed by atoms with Crippen LogP contribution in [0.5, 0.6) is 0 Å². The quantitative estimate of drug-likeness (QED) is 0.640. The van der Waals surface area contributed by atoms with Gasteiger partial charge in [0.25, 0.3) is 0 Å². The van der Waals surface area contributed by atoms with E-state index in [1.807, 2.05) is 0 Å². The predicted octanol–water partition coefficient (Wildman–Crippen LogP) is 1.46. The second-order valence-corrected chi connectivity index (χ2v) is 7.70. The third-order valence-electron chi connectivity index (χ3n) is 3.94. The molecule has 3 heterocycles. The molecule has 0 saturated heterocycles. The summed E-state index contributed by atoms with van der Waals surface area (Å²) in [6.45, 7) is 12.4. The molecule has 0 fully saturated rings. The lowest BCUT2D eigenvalue weighted by Gasteiger charge is -2.20. The Balaban J connectivity index is 2.34. The SMILES string of the molecule is Cc1n[nH]c(C)c1P(c1c(C)n[nH]c1C)c1c(C)n[nH]c1C. The van der Waals surface area contributed by atoms with E-state index >= 15 is 0 Å². The van der Waals surface area contributed by atoms with Gasteiger partial charge in [0.15, 0.2) is 0 Å². The van der Waals surface area contributed by atoms with Crippen LogP contribution in [-0.4, -0.2) is 30.6 Å². The molecule has 0 aliphatic heterocycles. The normalized spacial score (nSPS) is 11.6. The van der Waals surface area contributed by atoms with Gasteiger partial charge in [-0.15, -0.1) is 0 Å². The van der Waals surface area contributed by atoms with Gasteiger partial charge >= 0.3 is 0 Å². The monoisotopic (exact) mass is 316 g/mol. The first-order chi connectivity index (χ1) is 10.4. The first-order valence-corrected chi connectivity index (χ1v) is 8.60. The molecule has 0 aromatic carbocycles. The van der Waals surface area contributed by atoms with E-state index in [1.165, 1.54) is 15.9 Å². The first kappa shape index (κ1) is 15.0. The van der Waals surface area contributed by atoms with Crippen LogP contribution in [0.25, 0.3) is 0 Å². The number of hydrogen-bond acceptors (Lipinski definition) is 3. The number of rotatable bonds is 3. The molecular weight excluding hydrogens is 295 g/mol. The Bertz CT molecular complexity index is 657. The molecule has 116 valence electrons. The van der Waals surface area contributed by atoms with E-state index in [4.69, 9.17) is 0 Å². The van der Waals surface area contributed by atoms with E-state index < -0.39 is 7.92 Å². The molecule has 6 nitrogen and oxygen atoms in total. The molecule has 3 N–H and O–H groups in total. The summed E-state index contributed by atoms with van der Waals surface area (Å²) >= 11 is 0. The molecule has 0 spiro atoms. The molecule has 7 heteroatoms. The summed E-state index contributed by atoms with van der Waals surface area (Å²) in [5.41, 5.74) is 6.48. The maximum absolute atomic E-state index is 4.41. The Labute approximate surface area is 130 Å². The number of H-pyrrole nitrogens is 3. The van der Waals surface area contributed by atoms with Gasteiger partial charge in [-0.3, -0.25) is 15.3 Å². The zero-order chi connectivity index (χ0) is 16.0. The van der Waals surface area contributed by atoms with Gasteiger partial charge in [0.2, 0.25) is 0 Å². The lowest BCUT2D eigenvalue weighted by molar-refractivity contribution is 1.02. The van der Waals surface area contributed by atoms with E-state index in [0.717, 1.165) is 34.2 Å². The fraction of sp³-hybridized carbons (Fsp3) is 0.400. The summed E-state index contributed by atoms with van der Waals surface area (Å²) in [7, 11) is -0.741. The number of aromatic nitrogens is 6. The second-order valence-electron chi connectivity index (χ2n) is 5.68. The van der Waals surface area contributed by atoms with E-state index in [9.17, 15) is 0 Å². The molecule has 3 aromatic heterocycles. The van der Waals surface area contributed by atoms with Crippen LogP contribution in [0.1, 0.15) is 34.2 Å². The molecule has 0 saturated carbocycles. The highest BCUT2D eigenvalue weighted by atomic mass is 31.1. The van der Waals surface area contributed by atoms with E-state index in [2.05, 4.69) is 72.1 Å². The predicted molar refractivity (Wildman–Crippen MR) is 90.0 cm³/mol. The summed E-state index contributed by atoms with van der Waals surface area (Å²) in [6.07, 6.45) is 0. The van der Waals surface area contributed by atoms with Crippen molar-refractivity contribution in [3.8, 4) is 0 Å². The molecule has 0 unspecified atom stereocenters. The zero-order valence-electron chi connectivity index (χ0n) is 13.8. The van der Waals surface area contributed by atoms with Gasteiger partial charge in [0.1, 0.15) is 0 Å². The lowest BCUT2D eigenvalue weighted by Crippen LogP contribution is -2.27. The van der Waals surface area contributed by atoms with Crippen molar-refractivity contribution in [1.29, 1.82) is 0 Å². The Kier molecular flexibility index (Phi) is 3.65. The standard InChI is InChI=1S/C15H21N6P/c1-7-13(8(2)17-16-7)22(14-9(3)18-19-10(14)4)15-11(5)20-21-12(15)6/h1-6H3,(H,16,17)(H,18,19)(H,20,21). The number of aryl methyl sites for hydroxylation is 6. The van der Waals surface area contributed by atoms with Crippen molar-refractivity contribution in [2.24, 2.45) is 0 Å². The van der Waals surface area contributed by atoms with Crippen molar-refractivity contribution in [3.63, 3.8) is 0 Å². The highest BCUT2D eigenvalue weighted by Crippen LogP contribution is 2.38. The average Bonchev–Trinajstić information content (AvgIpc) is 3.08. The summed E-state index contributed by atoms with van der Waals surface area (Å²) < 4.78 is 0. The topological polar surface area (TPSA) is 86.0 Å². The fourth-order valence-electron chi connectivity index (χ4n) is 2.96. The third kappa shape index (κ3) is 2.18. The summed E-state index contributed by atoms with van der Waals surface area (Å²) in [5.74, 6) is 0. The Morgan fingerprint density at radius 1 is 0.545 bits per heavy atom. The molecule has 0 atom stereocenters. The molecule has 3 aromatic rings. The molecule has 0 aliphatic carbocycles. The molecule has 0 bridgehead atoms. The third-order valence-corrected chi connectivity index (χ3v) is 7.26. The van der Waals surface area contributed by atoms with Crippen LogP contribution in [0.2, 0.25) is 0 Å². The van der Waals surface area contributed by atoms with Gasteiger partial charge in [0, 0.05) is 33.0 Å². The Morgan fingerprint density at radius 3 is 1.00 bits per heavy atom. The van der Waals surface area contributed by atoms with E-state index in [1.54, 1.807) is 0 Å². The molecule has 0 amide bonds. The second kappa shape index (κ2) is 5.36. The van der Waals surface area contributed by atoms with E-state index in [0.29, 0.717) is 0 Å².